The zero-order valence-electron chi connectivity index (χ0n) is 9.35. The van der Waals surface area contributed by atoms with E-state index in [9.17, 15) is 8.42 Å². The third-order valence-electron chi connectivity index (χ3n) is 2.30. The maximum absolute atomic E-state index is 11.9. The van der Waals surface area contributed by atoms with Crippen molar-refractivity contribution in [2.24, 2.45) is 0 Å². The Kier molecular flexibility index (Phi) is 4.76. The summed E-state index contributed by atoms with van der Waals surface area (Å²) in [6.45, 7) is 1.51. The molecule has 0 bridgehead atoms. The molecule has 0 saturated carbocycles. The Morgan fingerprint density at radius 1 is 1.53 bits per heavy atom. The third-order valence-corrected chi connectivity index (χ3v) is 4.13. The maximum atomic E-state index is 11.9. The van der Waals surface area contributed by atoms with Crippen LogP contribution in [0, 0.1) is 0 Å². The molecular weight excluding hydrogens is 264 g/mol. The maximum Gasteiger partial charge on any atom is 0.242 e. The van der Waals surface area contributed by atoms with Crippen molar-refractivity contribution in [1.29, 1.82) is 0 Å². The molecule has 0 amide bonds. The predicted octanol–water partition coefficient (Wildman–Crippen LogP) is 0.971. The Labute approximate surface area is 106 Å². The summed E-state index contributed by atoms with van der Waals surface area (Å²) in [7, 11) is -3.72. The number of benzene rings is 1. The quantitative estimate of drug-likeness (QED) is 0.700. The van der Waals surface area contributed by atoms with Crippen molar-refractivity contribution < 1.29 is 13.5 Å². The number of anilines is 1. The summed E-state index contributed by atoms with van der Waals surface area (Å²) in [5.74, 6) is 0. The van der Waals surface area contributed by atoms with Gasteiger partial charge < -0.3 is 10.8 Å². The molecule has 0 heterocycles. The van der Waals surface area contributed by atoms with Crippen LogP contribution >= 0.6 is 11.6 Å². The molecular formula is C10H15ClN2O3S. The van der Waals surface area contributed by atoms with Crippen LogP contribution in [-0.2, 0) is 10.0 Å². The topological polar surface area (TPSA) is 92.4 Å². The molecule has 0 aliphatic rings. The average Bonchev–Trinajstić information content (AvgIpc) is 2.25. The fourth-order valence-corrected chi connectivity index (χ4v) is 2.90. The highest BCUT2D eigenvalue weighted by molar-refractivity contribution is 7.89. The van der Waals surface area contributed by atoms with Gasteiger partial charge in [-0.3, -0.25) is 0 Å². The number of hydrogen-bond acceptors (Lipinski definition) is 4. The van der Waals surface area contributed by atoms with Gasteiger partial charge in [0.05, 0.1) is 12.3 Å². The van der Waals surface area contributed by atoms with E-state index in [-0.39, 0.29) is 17.2 Å². The van der Waals surface area contributed by atoms with Crippen molar-refractivity contribution in [3.05, 3.63) is 23.2 Å². The number of nitrogens with two attached hydrogens (primary N) is 1. The number of aliphatic hydroxyl groups is 1. The number of nitrogen functional groups attached to an aromatic ring is 1. The van der Waals surface area contributed by atoms with Gasteiger partial charge in [0, 0.05) is 11.1 Å². The number of sulfonamides is 1. The summed E-state index contributed by atoms with van der Waals surface area (Å²) in [6, 6.07) is 3.64. The lowest BCUT2D eigenvalue weighted by molar-refractivity contribution is 0.254. The number of rotatable bonds is 5. The van der Waals surface area contributed by atoms with Crippen LogP contribution in [0.1, 0.15) is 13.3 Å². The van der Waals surface area contributed by atoms with E-state index < -0.39 is 16.1 Å². The molecule has 17 heavy (non-hydrogen) atoms. The van der Waals surface area contributed by atoms with E-state index in [1.165, 1.54) is 18.2 Å². The van der Waals surface area contributed by atoms with Crippen LogP contribution < -0.4 is 10.5 Å². The Hall–Kier alpha value is -0.820. The molecule has 0 unspecified atom stereocenters. The summed E-state index contributed by atoms with van der Waals surface area (Å²) in [4.78, 5) is -0.0335. The van der Waals surface area contributed by atoms with Crippen LogP contribution in [-0.4, -0.2) is 26.2 Å². The van der Waals surface area contributed by atoms with E-state index >= 15 is 0 Å². The van der Waals surface area contributed by atoms with Crippen molar-refractivity contribution in [3.63, 3.8) is 0 Å². The smallest absolute Gasteiger partial charge is 0.242 e. The second-order valence-electron chi connectivity index (χ2n) is 3.59. The highest BCUT2D eigenvalue weighted by Gasteiger charge is 2.20. The molecule has 4 N–H and O–H groups in total. The first-order valence-electron chi connectivity index (χ1n) is 5.09. The molecule has 0 aliphatic carbocycles. The highest BCUT2D eigenvalue weighted by atomic mass is 35.5. The molecule has 0 aromatic heterocycles. The molecule has 0 aliphatic heterocycles. The van der Waals surface area contributed by atoms with E-state index in [1.54, 1.807) is 6.92 Å². The minimum Gasteiger partial charge on any atom is -0.398 e. The fraction of sp³-hybridized carbons (Fsp3) is 0.400. The van der Waals surface area contributed by atoms with Gasteiger partial charge in [0.1, 0.15) is 4.90 Å². The Morgan fingerprint density at radius 2 is 2.18 bits per heavy atom. The van der Waals surface area contributed by atoms with Crippen LogP contribution in [0.5, 0.6) is 0 Å². The first kappa shape index (κ1) is 14.2. The molecule has 5 nitrogen and oxygen atoms in total. The fourth-order valence-electron chi connectivity index (χ4n) is 1.30. The first-order valence-corrected chi connectivity index (χ1v) is 6.95. The second kappa shape index (κ2) is 5.68. The molecule has 0 saturated heterocycles. The Morgan fingerprint density at radius 3 is 2.65 bits per heavy atom. The van der Waals surface area contributed by atoms with Crippen LogP contribution in [0.4, 0.5) is 5.69 Å². The molecule has 1 aromatic rings. The minimum absolute atomic E-state index is 0.0335. The first-order chi connectivity index (χ1) is 7.90. The standard InChI is InChI=1S/C10H15ClN2O3S/c1-2-8(6-14)13-17(15,16)10-4-3-7(11)5-9(10)12/h3-5,8,13-14H,2,6,12H2,1H3/t8-/m1/s1. The predicted molar refractivity (Wildman–Crippen MR) is 67.4 cm³/mol. The summed E-state index contributed by atoms with van der Waals surface area (Å²) in [5, 5.41) is 9.34. The van der Waals surface area contributed by atoms with Crippen LogP contribution in [0.3, 0.4) is 0 Å². The van der Waals surface area contributed by atoms with Crippen molar-refractivity contribution in [3.8, 4) is 0 Å². The zero-order chi connectivity index (χ0) is 13.1. The molecule has 1 rings (SSSR count). The number of halogens is 1. The van der Waals surface area contributed by atoms with Gasteiger partial charge in [0.25, 0.3) is 0 Å². The Balaban J connectivity index is 3.05. The average molecular weight is 279 g/mol. The highest BCUT2D eigenvalue weighted by Crippen LogP contribution is 2.22. The van der Waals surface area contributed by atoms with Gasteiger partial charge >= 0.3 is 0 Å². The number of nitrogens with one attached hydrogen (secondary N) is 1. The van der Waals surface area contributed by atoms with Crippen LogP contribution in [0.15, 0.2) is 23.1 Å². The van der Waals surface area contributed by atoms with Gasteiger partial charge in [-0.2, -0.15) is 0 Å². The van der Waals surface area contributed by atoms with Crippen molar-refractivity contribution in [1.82, 2.24) is 4.72 Å². The van der Waals surface area contributed by atoms with Crippen molar-refractivity contribution in [2.75, 3.05) is 12.3 Å². The monoisotopic (exact) mass is 278 g/mol. The van der Waals surface area contributed by atoms with Crippen LogP contribution in [0.25, 0.3) is 0 Å². The summed E-state index contributed by atoms with van der Waals surface area (Å²) >= 11 is 5.69. The largest absolute Gasteiger partial charge is 0.398 e. The zero-order valence-corrected chi connectivity index (χ0v) is 10.9. The molecule has 1 atom stereocenters. The Bertz CT molecular complexity index is 486. The lowest BCUT2D eigenvalue weighted by Crippen LogP contribution is -2.37. The summed E-state index contributed by atoms with van der Waals surface area (Å²) in [6.07, 6.45) is 0.489. The van der Waals surface area contributed by atoms with Crippen molar-refractivity contribution >= 4 is 27.3 Å². The van der Waals surface area contributed by atoms with E-state index in [1.807, 2.05) is 0 Å². The van der Waals surface area contributed by atoms with Gasteiger partial charge in [-0.05, 0) is 24.6 Å². The van der Waals surface area contributed by atoms with E-state index in [0.29, 0.717) is 11.4 Å². The van der Waals surface area contributed by atoms with E-state index in [4.69, 9.17) is 22.4 Å². The van der Waals surface area contributed by atoms with Crippen molar-refractivity contribution in [2.45, 2.75) is 24.3 Å². The molecule has 0 spiro atoms. The van der Waals surface area contributed by atoms with E-state index in [0.717, 1.165) is 0 Å². The molecule has 0 fully saturated rings. The third kappa shape index (κ3) is 3.57. The van der Waals surface area contributed by atoms with Gasteiger partial charge in [0.15, 0.2) is 0 Å². The normalized spacial score (nSPS) is 13.6. The molecule has 1 aromatic carbocycles. The number of hydrogen-bond donors (Lipinski definition) is 3. The van der Waals surface area contributed by atoms with Gasteiger partial charge in [-0.25, -0.2) is 13.1 Å². The van der Waals surface area contributed by atoms with Gasteiger partial charge in [-0.15, -0.1) is 0 Å². The van der Waals surface area contributed by atoms with Gasteiger partial charge in [0.2, 0.25) is 10.0 Å². The second-order valence-corrected chi connectivity index (χ2v) is 5.71. The van der Waals surface area contributed by atoms with Gasteiger partial charge in [-0.1, -0.05) is 18.5 Å². The number of aliphatic hydroxyl groups excluding tert-OH is 1. The lowest BCUT2D eigenvalue weighted by Gasteiger charge is -2.15. The van der Waals surface area contributed by atoms with Crippen LogP contribution in [0.2, 0.25) is 5.02 Å². The molecule has 96 valence electrons. The van der Waals surface area contributed by atoms with E-state index in [2.05, 4.69) is 4.72 Å². The summed E-state index contributed by atoms with van der Waals surface area (Å²) < 4.78 is 26.3. The summed E-state index contributed by atoms with van der Waals surface area (Å²) in [5.41, 5.74) is 5.68. The lowest BCUT2D eigenvalue weighted by atomic mass is 10.3. The SMILES string of the molecule is CC[C@H](CO)NS(=O)(=O)c1ccc(Cl)cc1N. The molecule has 7 heteroatoms. The molecule has 0 radical (unpaired) electrons. The minimum atomic E-state index is -3.72.